The number of benzene rings is 2. The predicted molar refractivity (Wildman–Crippen MR) is 89.3 cm³/mol. The van der Waals surface area contributed by atoms with Crippen molar-refractivity contribution in [3.05, 3.63) is 57.6 Å². The summed E-state index contributed by atoms with van der Waals surface area (Å²) in [6, 6.07) is 11.2. The Bertz CT molecular complexity index is 651. The van der Waals surface area contributed by atoms with Gasteiger partial charge < -0.3 is 10.6 Å². The maximum Gasteiger partial charge on any atom is 0.221 e. The summed E-state index contributed by atoms with van der Waals surface area (Å²) < 4.78 is 0. The molecule has 0 radical (unpaired) electrons. The Morgan fingerprint density at radius 2 is 1.76 bits per heavy atom. The summed E-state index contributed by atoms with van der Waals surface area (Å²) in [7, 11) is 0. The maximum atomic E-state index is 11.1. The van der Waals surface area contributed by atoms with E-state index < -0.39 is 0 Å². The summed E-state index contributed by atoms with van der Waals surface area (Å²) in [6.07, 6.45) is 0. The number of halogens is 2. The largest absolute Gasteiger partial charge is 0.381 e. The molecule has 2 rings (SSSR count). The smallest absolute Gasteiger partial charge is 0.221 e. The van der Waals surface area contributed by atoms with E-state index >= 15 is 0 Å². The molecule has 0 unspecified atom stereocenters. The van der Waals surface area contributed by atoms with E-state index in [4.69, 9.17) is 23.2 Å². The van der Waals surface area contributed by atoms with E-state index in [1.807, 2.05) is 37.3 Å². The van der Waals surface area contributed by atoms with Crippen LogP contribution >= 0.6 is 23.2 Å². The number of amides is 1. The highest BCUT2D eigenvalue weighted by Gasteiger charge is 2.03. The zero-order chi connectivity index (χ0) is 15.4. The predicted octanol–water partition coefficient (Wildman–Crippen LogP) is 4.87. The van der Waals surface area contributed by atoms with Crippen LogP contribution in [0.15, 0.2) is 36.4 Å². The Hall–Kier alpha value is -1.71. The van der Waals surface area contributed by atoms with E-state index in [2.05, 4.69) is 10.6 Å². The van der Waals surface area contributed by atoms with Crippen LogP contribution in [-0.2, 0) is 11.3 Å². The second-order valence-corrected chi connectivity index (χ2v) is 5.72. The normalized spacial score (nSPS) is 10.3. The van der Waals surface area contributed by atoms with E-state index in [-0.39, 0.29) is 5.91 Å². The summed E-state index contributed by atoms with van der Waals surface area (Å²) in [5, 5.41) is 7.32. The van der Waals surface area contributed by atoms with Crippen LogP contribution in [0, 0.1) is 6.92 Å². The van der Waals surface area contributed by atoms with E-state index in [1.165, 1.54) is 6.92 Å². The summed E-state index contributed by atoms with van der Waals surface area (Å²) in [5.41, 5.74) is 3.81. The van der Waals surface area contributed by atoms with Crippen LogP contribution < -0.4 is 10.6 Å². The molecule has 3 nitrogen and oxygen atoms in total. The number of rotatable bonds is 4. The molecule has 0 aliphatic rings. The van der Waals surface area contributed by atoms with Gasteiger partial charge in [0.1, 0.15) is 0 Å². The molecule has 0 saturated carbocycles. The fourth-order valence-electron chi connectivity index (χ4n) is 2.00. The van der Waals surface area contributed by atoms with Crippen LogP contribution in [-0.4, -0.2) is 5.91 Å². The van der Waals surface area contributed by atoms with Crippen LogP contribution in [0.3, 0.4) is 0 Å². The highest BCUT2D eigenvalue weighted by atomic mass is 35.5. The summed E-state index contributed by atoms with van der Waals surface area (Å²) in [6.45, 7) is 4.09. The lowest BCUT2D eigenvalue weighted by Gasteiger charge is -2.12. The van der Waals surface area contributed by atoms with E-state index in [0.717, 1.165) is 22.5 Å². The molecule has 0 saturated heterocycles. The molecule has 0 aliphatic carbocycles. The Labute approximate surface area is 134 Å². The second kappa shape index (κ2) is 6.83. The Balaban J connectivity index is 2.13. The molecule has 0 aliphatic heterocycles. The quantitative estimate of drug-likeness (QED) is 0.842. The van der Waals surface area contributed by atoms with Gasteiger partial charge in [-0.15, -0.1) is 0 Å². The minimum absolute atomic E-state index is 0.0913. The van der Waals surface area contributed by atoms with Gasteiger partial charge in [-0.05, 0) is 48.4 Å². The first-order valence-electron chi connectivity index (χ1n) is 6.51. The number of carbonyl (C=O) groups is 1. The van der Waals surface area contributed by atoms with E-state index in [1.54, 1.807) is 6.07 Å². The van der Waals surface area contributed by atoms with Gasteiger partial charge in [0, 0.05) is 34.9 Å². The van der Waals surface area contributed by atoms with Gasteiger partial charge in [0.25, 0.3) is 0 Å². The first-order valence-corrected chi connectivity index (χ1v) is 7.27. The first kappa shape index (κ1) is 15.7. The van der Waals surface area contributed by atoms with Crippen molar-refractivity contribution in [2.75, 3.05) is 10.6 Å². The molecule has 1 amide bonds. The molecule has 0 bridgehead atoms. The Kier molecular flexibility index (Phi) is 5.10. The van der Waals surface area contributed by atoms with Crippen molar-refractivity contribution in [2.45, 2.75) is 20.4 Å². The van der Waals surface area contributed by atoms with Crippen molar-refractivity contribution < 1.29 is 4.79 Å². The molecular weight excluding hydrogens is 307 g/mol. The molecule has 0 heterocycles. The molecular formula is C16H16Cl2N2O. The fraction of sp³-hybridized carbons (Fsp3) is 0.188. The third kappa shape index (κ3) is 4.66. The summed E-state index contributed by atoms with van der Waals surface area (Å²) in [4.78, 5) is 11.1. The summed E-state index contributed by atoms with van der Waals surface area (Å²) >= 11 is 12.0. The van der Waals surface area contributed by atoms with Gasteiger partial charge in [-0.25, -0.2) is 0 Å². The molecule has 2 aromatic rings. The van der Waals surface area contributed by atoms with Gasteiger partial charge in [0.05, 0.1) is 0 Å². The zero-order valence-electron chi connectivity index (χ0n) is 11.8. The lowest BCUT2D eigenvalue weighted by atomic mass is 10.1. The van der Waals surface area contributed by atoms with Crippen LogP contribution in [0.5, 0.6) is 0 Å². The van der Waals surface area contributed by atoms with Crippen molar-refractivity contribution in [1.82, 2.24) is 0 Å². The molecule has 0 aromatic heterocycles. The van der Waals surface area contributed by atoms with Crippen LogP contribution in [0.1, 0.15) is 18.1 Å². The van der Waals surface area contributed by atoms with Crippen molar-refractivity contribution in [1.29, 1.82) is 0 Å². The molecule has 0 atom stereocenters. The van der Waals surface area contributed by atoms with Gasteiger partial charge >= 0.3 is 0 Å². The Morgan fingerprint density at radius 3 is 2.38 bits per heavy atom. The average molecular weight is 323 g/mol. The summed E-state index contributed by atoms with van der Waals surface area (Å²) in [5.74, 6) is -0.0913. The molecule has 2 N–H and O–H groups in total. The molecule has 0 fully saturated rings. The van der Waals surface area contributed by atoms with Crippen molar-refractivity contribution in [3.8, 4) is 0 Å². The van der Waals surface area contributed by atoms with Gasteiger partial charge in [0.15, 0.2) is 0 Å². The van der Waals surface area contributed by atoms with Crippen molar-refractivity contribution in [2.24, 2.45) is 0 Å². The molecule has 5 heteroatoms. The standard InChI is InChI=1S/C16H16Cl2N2O/c1-10-3-4-15(20-11(2)21)8-16(10)19-9-12-5-13(17)7-14(18)6-12/h3-8,19H,9H2,1-2H3,(H,20,21). The highest BCUT2D eigenvalue weighted by Crippen LogP contribution is 2.23. The van der Waals surface area contributed by atoms with Gasteiger partial charge in [-0.3, -0.25) is 4.79 Å². The lowest BCUT2D eigenvalue weighted by molar-refractivity contribution is -0.114. The van der Waals surface area contributed by atoms with Gasteiger partial charge in [0.2, 0.25) is 5.91 Å². The lowest BCUT2D eigenvalue weighted by Crippen LogP contribution is -2.07. The number of aryl methyl sites for hydroxylation is 1. The van der Waals surface area contributed by atoms with E-state index in [0.29, 0.717) is 16.6 Å². The second-order valence-electron chi connectivity index (χ2n) is 4.84. The number of anilines is 2. The highest BCUT2D eigenvalue weighted by molar-refractivity contribution is 6.34. The van der Waals surface area contributed by atoms with Crippen molar-refractivity contribution in [3.63, 3.8) is 0 Å². The topological polar surface area (TPSA) is 41.1 Å². The molecule has 110 valence electrons. The monoisotopic (exact) mass is 322 g/mol. The molecule has 2 aromatic carbocycles. The zero-order valence-corrected chi connectivity index (χ0v) is 13.3. The molecule has 0 spiro atoms. The number of hydrogen-bond donors (Lipinski definition) is 2. The minimum Gasteiger partial charge on any atom is -0.381 e. The van der Waals surface area contributed by atoms with Gasteiger partial charge in [-0.2, -0.15) is 0 Å². The first-order chi connectivity index (χ1) is 9.94. The minimum atomic E-state index is -0.0913. The van der Waals surface area contributed by atoms with Crippen LogP contribution in [0.4, 0.5) is 11.4 Å². The third-order valence-electron chi connectivity index (χ3n) is 2.96. The maximum absolute atomic E-state index is 11.1. The average Bonchev–Trinajstić information content (AvgIpc) is 2.37. The number of hydrogen-bond acceptors (Lipinski definition) is 2. The SMILES string of the molecule is CC(=O)Nc1ccc(C)c(NCc2cc(Cl)cc(Cl)c2)c1. The fourth-order valence-corrected chi connectivity index (χ4v) is 2.58. The van der Waals surface area contributed by atoms with E-state index in [9.17, 15) is 4.79 Å². The third-order valence-corrected chi connectivity index (χ3v) is 3.40. The Morgan fingerprint density at radius 1 is 1.10 bits per heavy atom. The van der Waals surface area contributed by atoms with Gasteiger partial charge in [-0.1, -0.05) is 29.3 Å². The van der Waals surface area contributed by atoms with Crippen LogP contribution in [0.25, 0.3) is 0 Å². The van der Waals surface area contributed by atoms with Crippen LogP contribution in [0.2, 0.25) is 10.0 Å². The molecule has 21 heavy (non-hydrogen) atoms. The number of carbonyl (C=O) groups excluding carboxylic acids is 1. The van der Waals surface area contributed by atoms with Crippen molar-refractivity contribution >= 4 is 40.5 Å². The number of nitrogens with one attached hydrogen (secondary N) is 2.